The number of carbonyl (C=O) groups excluding carboxylic acids is 2. The fraction of sp³-hybridized carbons (Fsp3) is 0.480. The summed E-state index contributed by atoms with van der Waals surface area (Å²) in [7, 11) is 0. The largest absolute Gasteiger partial charge is 0.444 e. The summed E-state index contributed by atoms with van der Waals surface area (Å²) >= 11 is 0. The second-order valence-electron chi connectivity index (χ2n) is 9.85. The summed E-state index contributed by atoms with van der Waals surface area (Å²) in [4.78, 5) is 33.5. The number of ether oxygens (including phenoxy) is 1. The Labute approximate surface area is 189 Å². The van der Waals surface area contributed by atoms with Crippen molar-refractivity contribution in [1.29, 1.82) is 0 Å². The number of aromatic nitrogens is 1. The molecule has 2 aliphatic rings. The molecule has 0 radical (unpaired) electrons. The van der Waals surface area contributed by atoms with Gasteiger partial charge in [0.2, 0.25) is 0 Å². The summed E-state index contributed by atoms with van der Waals surface area (Å²) in [5.74, 6) is 0.681. The standard InChI is InChI=1S/C25H32N4O3/c1-17-7-5-6-8-18(17)11-27-23(30)19-9-22(12-26-10-19)28-13-20-15-29(16-21(20)14-28)24(31)32-25(2,3)4/h5-10,12,20-21H,11,13-16H2,1-4H3,(H,27,30)/t20-,21+. The fourth-order valence-corrected chi connectivity index (χ4v) is 4.49. The third-order valence-corrected chi connectivity index (χ3v) is 6.19. The van der Waals surface area contributed by atoms with Gasteiger partial charge in [-0.2, -0.15) is 0 Å². The number of fused-ring (bicyclic) bond motifs is 1. The first-order valence-electron chi connectivity index (χ1n) is 11.2. The van der Waals surface area contributed by atoms with E-state index in [9.17, 15) is 9.59 Å². The van der Waals surface area contributed by atoms with Crippen LogP contribution in [0.3, 0.4) is 0 Å². The Bertz CT molecular complexity index is 987. The number of amides is 2. The second-order valence-corrected chi connectivity index (χ2v) is 9.85. The molecule has 2 aromatic rings. The SMILES string of the molecule is Cc1ccccc1CNC(=O)c1cncc(N2C[C@H]3CN(C(=O)OC(C)(C)C)C[C@H]3C2)c1. The normalized spacial score (nSPS) is 20.2. The third-order valence-electron chi connectivity index (χ3n) is 6.19. The van der Waals surface area contributed by atoms with E-state index >= 15 is 0 Å². The molecule has 170 valence electrons. The van der Waals surface area contributed by atoms with Crippen LogP contribution in [0.4, 0.5) is 10.5 Å². The molecule has 2 fully saturated rings. The monoisotopic (exact) mass is 436 g/mol. The van der Waals surface area contributed by atoms with Crippen molar-refractivity contribution in [2.24, 2.45) is 11.8 Å². The summed E-state index contributed by atoms with van der Waals surface area (Å²) < 4.78 is 5.52. The van der Waals surface area contributed by atoms with Crippen molar-refractivity contribution in [2.75, 3.05) is 31.1 Å². The van der Waals surface area contributed by atoms with E-state index in [1.165, 1.54) is 0 Å². The molecule has 4 rings (SSSR count). The van der Waals surface area contributed by atoms with Gasteiger partial charge >= 0.3 is 6.09 Å². The van der Waals surface area contributed by atoms with E-state index < -0.39 is 5.60 Å². The molecule has 2 atom stereocenters. The molecular weight excluding hydrogens is 404 g/mol. The maximum absolute atomic E-state index is 12.7. The zero-order valence-electron chi connectivity index (χ0n) is 19.3. The lowest BCUT2D eigenvalue weighted by Gasteiger charge is -2.26. The molecule has 2 aliphatic heterocycles. The van der Waals surface area contributed by atoms with Gasteiger partial charge in [-0.3, -0.25) is 9.78 Å². The highest BCUT2D eigenvalue weighted by Gasteiger charge is 2.42. The summed E-state index contributed by atoms with van der Waals surface area (Å²) in [6.07, 6.45) is 3.19. The van der Waals surface area contributed by atoms with Gasteiger partial charge in [0.25, 0.3) is 5.91 Å². The molecule has 3 heterocycles. The van der Waals surface area contributed by atoms with Gasteiger partial charge in [-0.15, -0.1) is 0 Å². The van der Waals surface area contributed by atoms with Gasteiger partial charge in [0.1, 0.15) is 5.60 Å². The van der Waals surface area contributed by atoms with E-state index in [1.807, 2.05) is 69.1 Å². The van der Waals surface area contributed by atoms with Gasteiger partial charge in [0, 0.05) is 50.8 Å². The van der Waals surface area contributed by atoms with Gasteiger partial charge in [0.15, 0.2) is 0 Å². The number of nitrogens with one attached hydrogen (secondary N) is 1. The predicted molar refractivity (Wildman–Crippen MR) is 124 cm³/mol. The first-order valence-corrected chi connectivity index (χ1v) is 11.2. The number of aryl methyl sites for hydroxylation is 1. The van der Waals surface area contributed by atoms with Gasteiger partial charge in [-0.05, 0) is 44.9 Å². The smallest absolute Gasteiger partial charge is 0.410 e. The Morgan fingerprint density at radius 1 is 1.09 bits per heavy atom. The number of carbonyl (C=O) groups is 2. The number of pyridine rings is 1. The van der Waals surface area contributed by atoms with E-state index in [1.54, 1.807) is 6.20 Å². The van der Waals surface area contributed by atoms with Crippen LogP contribution >= 0.6 is 0 Å². The van der Waals surface area contributed by atoms with Crippen LogP contribution in [0.15, 0.2) is 42.7 Å². The van der Waals surface area contributed by atoms with E-state index in [0.29, 0.717) is 37.0 Å². The Balaban J connectivity index is 1.34. The van der Waals surface area contributed by atoms with E-state index in [-0.39, 0.29) is 12.0 Å². The molecule has 0 saturated carbocycles. The van der Waals surface area contributed by atoms with Crippen LogP contribution in [0.25, 0.3) is 0 Å². The van der Waals surface area contributed by atoms with Crippen molar-refractivity contribution in [3.63, 3.8) is 0 Å². The Hall–Kier alpha value is -3.09. The van der Waals surface area contributed by atoms with Crippen molar-refractivity contribution < 1.29 is 14.3 Å². The molecule has 1 aromatic heterocycles. The van der Waals surface area contributed by atoms with Crippen molar-refractivity contribution in [3.05, 3.63) is 59.4 Å². The van der Waals surface area contributed by atoms with Gasteiger partial charge in [0.05, 0.1) is 17.4 Å². The van der Waals surface area contributed by atoms with Crippen molar-refractivity contribution in [2.45, 2.75) is 39.8 Å². The minimum Gasteiger partial charge on any atom is -0.444 e. The number of rotatable bonds is 4. The highest BCUT2D eigenvalue weighted by Crippen LogP contribution is 2.34. The molecule has 2 amide bonds. The summed E-state index contributed by atoms with van der Waals surface area (Å²) in [5.41, 5.74) is 3.29. The van der Waals surface area contributed by atoms with Crippen LogP contribution in [0.1, 0.15) is 42.3 Å². The molecule has 7 heteroatoms. The van der Waals surface area contributed by atoms with E-state index in [0.717, 1.165) is 29.9 Å². The van der Waals surface area contributed by atoms with E-state index in [2.05, 4.69) is 15.2 Å². The molecule has 32 heavy (non-hydrogen) atoms. The fourth-order valence-electron chi connectivity index (χ4n) is 4.49. The first kappa shape index (κ1) is 22.1. The predicted octanol–water partition coefficient (Wildman–Crippen LogP) is 3.62. The summed E-state index contributed by atoms with van der Waals surface area (Å²) in [5, 5.41) is 3.00. The van der Waals surface area contributed by atoms with Gasteiger partial charge < -0.3 is 19.9 Å². The molecule has 0 unspecified atom stereocenters. The number of likely N-dealkylation sites (tertiary alicyclic amines) is 1. The van der Waals surface area contributed by atoms with Crippen LogP contribution in [0, 0.1) is 18.8 Å². The number of hydrogen-bond acceptors (Lipinski definition) is 5. The quantitative estimate of drug-likeness (QED) is 0.792. The molecule has 0 spiro atoms. The summed E-state index contributed by atoms with van der Waals surface area (Å²) in [6.45, 7) is 11.3. The van der Waals surface area contributed by atoms with Crippen molar-refractivity contribution >= 4 is 17.7 Å². The summed E-state index contributed by atoms with van der Waals surface area (Å²) in [6, 6.07) is 9.94. The van der Waals surface area contributed by atoms with Crippen LogP contribution in [0.5, 0.6) is 0 Å². The lowest BCUT2D eigenvalue weighted by atomic mass is 10.0. The number of nitrogens with zero attached hydrogens (tertiary/aromatic N) is 3. The highest BCUT2D eigenvalue weighted by molar-refractivity contribution is 5.94. The molecule has 7 nitrogen and oxygen atoms in total. The van der Waals surface area contributed by atoms with Crippen LogP contribution in [-0.2, 0) is 11.3 Å². The molecule has 1 N–H and O–H groups in total. The number of benzene rings is 1. The van der Waals surface area contributed by atoms with Crippen LogP contribution < -0.4 is 10.2 Å². The first-order chi connectivity index (χ1) is 15.2. The van der Waals surface area contributed by atoms with Crippen molar-refractivity contribution in [3.8, 4) is 0 Å². The average Bonchev–Trinajstić information content (AvgIpc) is 3.31. The Morgan fingerprint density at radius 3 is 2.44 bits per heavy atom. The zero-order valence-corrected chi connectivity index (χ0v) is 19.3. The molecule has 0 bridgehead atoms. The number of anilines is 1. The lowest BCUT2D eigenvalue weighted by molar-refractivity contribution is 0.0282. The lowest BCUT2D eigenvalue weighted by Crippen LogP contribution is -2.37. The topological polar surface area (TPSA) is 74.8 Å². The zero-order chi connectivity index (χ0) is 22.9. The van der Waals surface area contributed by atoms with E-state index in [4.69, 9.17) is 4.74 Å². The molecule has 0 aliphatic carbocycles. The van der Waals surface area contributed by atoms with Crippen molar-refractivity contribution in [1.82, 2.24) is 15.2 Å². The maximum Gasteiger partial charge on any atom is 0.410 e. The van der Waals surface area contributed by atoms with Crippen LogP contribution in [0.2, 0.25) is 0 Å². The third kappa shape index (κ3) is 5.03. The Morgan fingerprint density at radius 2 is 1.78 bits per heavy atom. The van der Waals surface area contributed by atoms with Crippen LogP contribution in [-0.4, -0.2) is 53.7 Å². The second kappa shape index (κ2) is 8.81. The molecular formula is C25H32N4O3. The maximum atomic E-state index is 12.7. The highest BCUT2D eigenvalue weighted by atomic mass is 16.6. The minimum absolute atomic E-state index is 0.127. The average molecular weight is 437 g/mol. The number of hydrogen-bond donors (Lipinski definition) is 1. The molecule has 2 saturated heterocycles. The Kier molecular flexibility index (Phi) is 6.09. The minimum atomic E-state index is -0.479. The van der Waals surface area contributed by atoms with Gasteiger partial charge in [-0.25, -0.2) is 4.79 Å². The van der Waals surface area contributed by atoms with Gasteiger partial charge in [-0.1, -0.05) is 24.3 Å². The molecule has 1 aromatic carbocycles.